The molecule has 1 unspecified atom stereocenters. The fourth-order valence-electron chi connectivity index (χ4n) is 0.856. The number of hydrogen-bond donors (Lipinski definition) is 0. The molecule has 0 saturated carbocycles. The summed E-state index contributed by atoms with van der Waals surface area (Å²) < 4.78 is 4.34. The van der Waals surface area contributed by atoms with Crippen molar-refractivity contribution in [2.24, 2.45) is 5.16 Å². The number of oxime groups is 1. The quantitative estimate of drug-likeness (QED) is 0.362. The molecule has 1 rings (SSSR count). The minimum absolute atomic E-state index is 0.527. The highest BCUT2D eigenvalue weighted by Gasteiger charge is 2.16. The molecule has 1 atom stereocenters. The molecule has 0 aromatic heterocycles. The SMILES string of the molecule is COC(=O)C(Cl)ON=Cc1ccccc1Cl. The summed E-state index contributed by atoms with van der Waals surface area (Å²) in [6.07, 6.45) is 1.36. The Morgan fingerprint density at radius 2 is 2.19 bits per heavy atom. The maximum atomic E-state index is 10.8. The van der Waals surface area contributed by atoms with Crippen LogP contribution in [0.25, 0.3) is 0 Å². The first-order valence-electron chi connectivity index (χ1n) is 4.30. The van der Waals surface area contributed by atoms with E-state index in [4.69, 9.17) is 23.2 Å². The molecule has 0 saturated heterocycles. The monoisotopic (exact) mass is 261 g/mol. The number of halogens is 2. The first kappa shape index (κ1) is 12.8. The van der Waals surface area contributed by atoms with Crippen molar-refractivity contribution in [1.82, 2.24) is 0 Å². The molecule has 0 radical (unpaired) electrons. The van der Waals surface area contributed by atoms with Crippen LogP contribution in [0.5, 0.6) is 0 Å². The van der Waals surface area contributed by atoms with Gasteiger partial charge < -0.3 is 9.57 Å². The number of rotatable bonds is 4. The molecule has 0 bridgehead atoms. The number of carbonyl (C=O) groups is 1. The molecule has 0 aliphatic rings. The van der Waals surface area contributed by atoms with Crippen molar-refractivity contribution in [2.45, 2.75) is 5.56 Å². The Labute approximate surface area is 103 Å². The number of benzene rings is 1. The van der Waals surface area contributed by atoms with Gasteiger partial charge in [-0.3, -0.25) is 0 Å². The topological polar surface area (TPSA) is 47.9 Å². The number of methoxy groups -OCH3 is 1. The van der Waals surface area contributed by atoms with Gasteiger partial charge in [0.25, 0.3) is 5.56 Å². The molecular weight excluding hydrogens is 253 g/mol. The zero-order valence-electron chi connectivity index (χ0n) is 8.39. The molecule has 1 aromatic carbocycles. The van der Waals surface area contributed by atoms with Gasteiger partial charge in [0, 0.05) is 10.6 Å². The van der Waals surface area contributed by atoms with Crippen molar-refractivity contribution in [3.8, 4) is 0 Å². The normalized spacial score (nSPS) is 12.4. The molecular formula is C10H9Cl2NO3. The number of carbonyl (C=O) groups excluding carboxylic acids is 1. The fraction of sp³-hybridized carbons (Fsp3) is 0.200. The molecule has 0 amide bonds. The summed E-state index contributed by atoms with van der Waals surface area (Å²) >= 11 is 11.4. The van der Waals surface area contributed by atoms with Gasteiger partial charge in [-0.25, -0.2) is 4.79 Å². The lowest BCUT2D eigenvalue weighted by Gasteiger charge is -2.04. The van der Waals surface area contributed by atoms with Gasteiger partial charge in [-0.1, -0.05) is 46.6 Å². The first-order chi connectivity index (χ1) is 7.65. The van der Waals surface area contributed by atoms with Crippen molar-refractivity contribution in [3.05, 3.63) is 34.9 Å². The molecule has 0 N–H and O–H groups in total. The number of alkyl halides is 1. The van der Waals surface area contributed by atoms with E-state index in [1.807, 2.05) is 0 Å². The van der Waals surface area contributed by atoms with E-state index in [-0.39, 0.29) is 0 Å². The zero-order chi connectivity index (χ0) is 12.0. The molecule has 0 aliphatic carbocycles. The summed E-state index contributed by atoms with van der Waals surface area (Å²) in [6, 6.07) is 7.04. The average molecular weight is 262 g/mol. The maximum absolute atomic E-state index is 10.8. The standard InChI is InChI=1S/C10H9Cl2NO3/c1-15-10(14)9(12)16-13-6-7-4-2-3-5-8(7)11/h2-6,9H,1H3. The van der Waals surface area contributed by atoms with Crippen molar-refractivity contribution >= 4 is 35.4 Å². The van der Waals surface area contributed by atoms with Crippen LogP contribution in [0.1, 0.15) is 5.56 Å². The molecule has 0 spiro atoms. The Morgan fingerprint density at radius 1 is 1.50 bits per heavy atom. The Kier molecular flexibility index (Phi) is 5.08. The van der Waals surface area contributed by atoms with Crippen LogP contribution < -0.4 is 0 Å². The van der Waals surface area contributed by atoms with Crippen LogP contribution in [0.2, 0.25) is 5.02 Å². The van der Waals surface area contributed by atoms with Crippen molar-refractivity contribution in [2.75, 3.05) is 7.11 Å². The van der Waals surface area contributed by atoms with Crippen LogP contribution in [-0.2, 0) is 14.4 Å². The molecule has 16 heavy (non-hydrogen) atoms. The molecule has 86 valence electrons. The maximum Gasteiger partial charge on any atom is 0.366 e. The van der Waals surface area contributed by atoms with Crippen LogP contribution in [0.3, 0.4) is 0 Å². The van der Waals surface area contributed by atoms with E-state index < -0.39 is 11.5 Å². The van der Waals surface area contributed by atoms with E-state index in [1.54, 1.807) is 24.3 Å². The fourth-order valence-corrected chi connectivity index (χ4v) is 1.18. The summed E-state index contributed by atoms with van der Waals surface area (Å²) in [4.78, 5) is 15.5. The number of ether oxygens (including phenoxy) is 1. The molecule has 0 heterocycles. The summed E-state index contributed by atoms with van der Waals surface area (Å²) in [5.74, 6) is -0.710. The van der Waals surface area contributed by atoms with E-state index in [0.717, 1.165) is 0 Å². The van der Waals surface area contributed by atoms with Gasteiger partial charge in [-0.2, -0.15) is 0 Å². The summed E-state index contributed by atoms with van der Waals surface area (Å²) in [6.45, 7) is 0. The van der Waals surface area contributed by atoms with Gasteiger partial charge >= 0.3 is 5.97 Å². The van der Waals surface area contributed by atoms with Crippen LogP contribution in [0.15, 0.2) is 29.4 Å². The third-order valence-corrected chi connectivity index (χ3v) is 2.24. The van der Waals surface area contributed by atoms with Gasteiger partial charge in [0.2, 0.25) is 0 Å². The van der Waals surface area contributed by atoms with Crippen molar-refractivity contribution in [1.29, 1.82) is 0 Å². The molecule has 0 aliphatic heterocycles. The highest BCUT2D eigenvalue weighted by molar-refractivity contribution is 6.33. The van der Waals surface area contributed by atoms with Gasteiger partial charge in [-0.05, 0) is 6.07 Å². The highest BCUT2D eigenvalue weighted by atomic mass is 35.5. The minimum atomic E-state index is -1.26. The van der Waals surface area contributed by atoms with Gasteiger partial charge in [0.15, 0.2) is 0 Å². The van der Waals surface area contributed by atoms with Crippen LogP contribution in [-0.4, -0.2) is 24.9 Å². The number of hydrogen-bond acceptors (Lipinski definition) is 4. The smallest absolute Gasteiger partial charge is 0.366 e. The lowest BCUT2D eigenvalue weighted by molar-refractivity contribution is -0.148. The number of esters is 1. The van der Waals surface area contributed by atoms with E-state index in [0.29, 0.717) is 10.6 Å². The molecule has 4 nitrogen and oxygen atoms in total. The third-order valence-electron chi connectivity index (χ3n) is 1.64. The predicted octanol–water partition coefficient (Wildman–Crippen LogP) is 2.43. The van der Waals surface area contributed by atoms with Crippen LogP contribution >= 0.6 is 23.2 Å². The van der Waals surface area contributed by atoms with E-state index in [1.165, 1.54) is 13.3 Å². The average Bonchev–Trinajstić information content (AvgIpc) is 2.30. The summed E-state index contributed by atoms with van der Waals surface area (Å²) in [7, 11) is 1.21. The Balaban J connectivity index is 2.55. The Hall–Kier alpha value is -1.26. The predicted molar refractivity (Wildman–Crippen MR) is 61.8 cm³/mol. The lowest BCUT2D eigenvalue weighted by Crippen LogP contribution is -2.17. The van der Waals surface area contributed by atoms with Gasteiger partial charge in [0.05, 0.1) is 13.3 Å². The summed E-state index contributed by atoms with van der Waals surface area (Å²) in [5.41, 5.74) is -0.596. The van der Waals surface area contributed by atoms with Crippen LogP contribution in [0.4, 0.5) is 0 Å². The second kappa shape index (κ2) is 6.35. The summed E-state index contributed by atoms with van der Waals surface area (Å²) in [5, 5.41) is 4.06. The van der Waals surface area contributed by atoms with E-state index >= 15 is 0 Å². The largest absolute Gasteiger partial charge is 0.465 e. The van der Waals surface area contributed by atoms with Gasteiger partial charge in [0.1, 0.15) is 0 Å². The van der Waals surface area contributed by atoms with E-state index in [2.05, 4.69) is 14.7 Å². The minimum Gasteiger partial charge on any atom is -0.465 e. The molecule has 6 heteroatoms. The Bertz CT molecular complexity index is 395. The van der Waals surface area contributed by atoms with Crippen molar-refractivity contribution in [3.63, 3.8) is 0 Å². The zero-order valence-corrected chi connectivity index (χ0v) is 9.90. The first-order valence-corrected chi connectivity index (χ1v) is 5.12. The molecule has 0 fully saturated rings. The van der Waals surface area contributed by atoms with Crippen molar-refractivity contribution < 1.29 is 14.4 Å². The highest BCUT2D eigenvalue weighted by Crippen LogP contribution is 2.12. The number of nitrogens with zero attached hydrogens (tertiary/aromatic N) is 1. The Morgan fingerprint density at radius 3 is 2.81 bits per heavy atom. The lowest BCUT2D eigenvalue weighted by atomic mass is 10.2. The van der Waals surface area contributed by atoms with E-state index in [9.17, 15) is 4.79 Å². The van der Waals surface area contributed by atoms with Gasteiger partial charge in [-0.15, -0.1) is 0 Å². The second-order valence-electron chi connectivity index (χ2n) is 2.70. The molecule has 1 aromatic rings. The van der Waals surface area contributed by atoms with Crippen LogP contribution in [0, 0.1) is 0 Å². The second-order valence-corrected chi connectivity index (χ2v) is 3.50. The third kappa shape index (κ3) is 3.72.